The maximum absolute atomic E-state index is 17.4. The van der Waals surface area contributed by atoms with Gasteiger partial charge in [0, 0.05) is 33.5 Å². The Hall–Kier alpha value is -2.82. The third-order valence-electron chi connectivity index (χ3n) is 18.9. The predicted molar refractivity (Wildman–Crippen MR) is 247 cm³/mol. The van der Waals surface area contributed by atoms with Gasteiger partial charge in [-0.2, -0.15) is 0 Å². The SMILES string of the molecule is CC(C)(C)OCC(=O)[C@@]1(O)[C@H](O)C[C@H]2[C@@H]3CCC4=CC(=O)C=C[C@]4(C)[C@@]3(F)[C@@H](O)C[C@@]21C.CCCC1O[C@@H]2C[C@H]3[C@@H]4CCC5=CC(=O)C=C[C@]5(C)[C@@]4(F)[C@@H](O)C[C@]3(C)[C@]2(C(=O)COC(C)(C)C)O1. The van der Waals surface area contributed by atoms with E-state index in [1.165, 1.54) is 24.3 Å². The van der Waals surface area contributed by atoms with E-state index < -0.39 is 110 Å². The van der Waals surface area contributed by atoms with E-state index >= 15 is 8.78 Å². The summed E-state index contributed by atoms with van der Waals surface area (Å²) >= 11 is 0. The molecule has 0 aromatic carbocycles. The molecule has 17 atom stereocenters. The number of halogens is 2. The molecule has 7 fully saturated rings. The lowest BCUT2D eigenvalue weighted by molar-refractivity contribution is -0.232. The number of rotatable bonds is 8. The Morgan fingerprint density at radius 1 is 0.706 bits per heavy atom. The molecule has 1 saturated heterocycles. The maximum Gasteiger partial charge on any atom is 0.193 e. The molecule has 14 heteroatoms. The van der Waals surface area contributed by atoms with Crippen LogP contribution in [0.5, 0.6) is 0 Å². The summed E-state index contributed by atoms with van der Waals surface area (Å²) < 4.78 is 58.9. The van der Waals surface area contributed by atoms with Crippen molar-refractivity contribution < 1.29 is 67.3 Å². The smallest absolute Gasteiger partial charge is 0.193 e. The van der Waals surface area contributed by atoms with E-state index in [9.17, 15) is 39.6 Å². The molecule has 0 amide bonds. The fourth-order valence-corrected chi connectivity index (χ4v) is 15.4. The van der Waals surface area contributed by atoms with E-state index in [0.717, 1.165) is 12.0 Å². The molecule has 8 aliphatic carbocycles. The van der Waals surface area contributed by atoms with Gasteiger partial charge in [-0.15, -0.1) is 0 Å². The van der Waals surface area contributed by atoms with Crippen molar-refractivity contribution in [3.63, 3.8) is 0 Å². The van der Waals surface area contributed by atoms with Gasteiger partial charge in [-0.3, -0.25) is 19.2 Å². The summed E-state index contributed by atoms with van der Waals surface area (Å²) in [6, 6.07) is 0. The molecule has 0 bridgehead atoms. The summed E-state index contributed by atoms with van der Waals surface area (Å²) in [5, 5.41) is 45.4. The average Bonchev–Trinajstić information content (AvgIpc) is 3.80. The number of Topliss-reactive ketones (excluding diaryl/α,β-unsaturated/α-hetero) is 2. The monoisotopic (exact) mass is 955 g/mol. The van der Waals surface area contributed by atoms with Crippen molar-refractivity contribution in [1.29, 1.82) is 0 Å². The first-order valence-electron chi connectivity index (χ1n) is 25.0. The molecule has 0 spiro atoms. The zero-order valence-electron chi connectivity index (χ0n) is 42.0. The number of hydrogen-bond donors (Lipinski definition) is 4. The van der Waals surface area contributed by atoms with Crippen LogP contribution in [0.15, 0.2) is 47.6 Å². The van der Waals surface area contributed by atoms with Crippen molar-refractivity contribution in [3.8, 4) is 0 Å². The quantitative estimate of drug-likeness (QED) is 0.194. The minimum absolute atomic E-state index is 0.0646. The summed E-state index contributed by atoms with van der Waals surface area (Å²) in [5.41, 5.74) is -11.4. The summed E-state index contributed by atoms with van der Waals surface area (Å²) in [7, 11) is 0. The summed E-state index contributed by atoms with van der Waals surface area (Å²) in [4.78, 5) is 51.2. The van der Waals surface area contributed by atoms with E-state index in [4.69, 9.17) is 18.9 Å². The van der Waals surface area contributed by atoms with Crippen LogP contribution in [0, 0.1) is 45.3 Å². The third kappa shape index (κ3) is 7.12. The lowest BCUT2D eigenvalue weighted by atomic mass is 9.44. The minimum atomic E-state index is -2.14. The van der Waals surface area contributed by atoms with Crippen LogP contribution in [0.4, 0.5) is 8.78 Å². The summed E-state index contributed by atoms with van der Waals surface area (Å²) in [6.45, 7) is 19.8. The fraction of sp³-hybridized carbons (Fsp3) is 0.778. The molecule has 9 rings (SSSR count). The van der Waals surface area contributed by atoms with E-state index in [1.54, 1.807) is 53.7 Å². The van der Waals surface area contributed by atoms with Crippen LogP contribution in [0.2, 0.25) is 0 Å². The Labute approximate surface area is 400 Å². The van der Waals surface area contributed by atoms with Crippen molar-refractivity contribution in [2.45, 2.75) is 205 Å². The van der Waals surface area contributed by atoms with Crippen LogP contribution >= 0.6 is 0 Å². The molecule has 1 aliphatic heterocycles. The number of hydrogen-bond acceptors (Lipinski definition) is 12. The van der Waals surface area contributed by atoms with Gasteiger partial charge in [0.15, 0.2) is 52.0 Å². The lowest BCUT2D eigenvalue weighted by Gasteiger charge is -2.62. The second-order valence-corrected chi connectivity index (χ2v) is 24.6. The molecule has 0 aromatic heterocycles. The number of aliphatic hydroxyl groups excluding tert-OH is 3. The Bertz CT molecular complexity index is 2220. The Morgan fingerprint density at radius 3 is 1.63 bits per heavy atom. The first-order chi connectivity index (χ1) is 31.3. The molecular formula is C54H76F2O12. The van der Waals surface area contributed by atoms with Gasteiger partial charge < -0.3 is 39.4 Å². The topological polar surface area (TPSA) is 186 Å². The zero-order chi connectivity index (χ0) is 50.2. The van der Waals surface area contributed by atoms with Crippen LogP contribution in [-0.4, -0.2) is 121 Å². The van der Waals surface area contributed by atoms with Crippen LogP contribution in [-0.2, 0) is 38.1 Å². The van der Waals surface area contributed by atoms with Crippen molar-refractivity contribution in [1.82, 2.24) is 0 Å². The number of ether oxygens (including phenoxy) is 4. The number of aliphatic hydroxyl groups is 4. The molecule has 1 unspecified atom stereocenters. The highest BCUT2D eigenvalue weighted by molar-refractivity contribution is 6.02. The normalized spacial score (nSPS) is 47.8. The van der Waals surface area contributed by atoms with Gasteiger partial charge in [0.1, 0.15) is 13.2 Å². The Kier molecular flexibility index (Phi) is 12.6. The fourth-order valence-electron chi connectivity index (χ4n) is 15.4. The van der Waals surface area contributed by atoms with Crippen molar-refractivity contribution >= 4 is 23.1 Å². The molecule has 4 N–H and O–H groups in total. The molecule has 6 saturated carbocycles. The molecule has 0 aromatic rings. The lowest BCUT2D eigenvalue weighted by Crippen LogP contribution is -2.69. The highest BCUT2D eigenvalue weighted by atomic mass is 19.1. The molecule has 9 aliphatic rings. The number of fused-ring (bicyclic) bond motifs is 12. The van der Waals surface area contributed by atoms with Crippen molar-refractivity contribution in [2.75, 3.05) is 13.2 Å². The summed E-state index contributed by atoms with van der Waals surface area (Å²) in [6.07, 6.45) is 7.71. The molecule has 12 nitrogen and oxygen atoms in total. The molecular weight excluding hydrogens is 879 g/mol. The van der Waals surface area contributed by atoms with Gasteiger partial charge in [-0.05, 0) is 149 Å². The number of alkyl halides is 2. The number of carbonyl (C=O) groups is 4. The Morgan fingerprint density at radius 2 is 1.16 bits per heavy atom. The molecule has 68 heavy (non-hydrogen) atoms. The van der Waals surface area contributed by atoms with Gasteiger partial charge in [0.25, 0.3) is 0 Å². The van der Waals surface area contributed by atoms with Crippen LogP contribution in [0.25, 0.3) is 0 Å². The van der Waals surface area contributed by atoms with Crippen molar-refractivity contribution in [2.24, 2.45) is 45.3 Å². The van der Waals surface area contributed by atoms with Gasteiger partial charge in [-0.25, -0.2) is 8.78 Å². The molecule has 1 heterocycles. The van der Waals surface area contributed by atoms with Crippen molar-refractivity contribution in [3.05, 3.63) is 47.6 Å². The zero-order valence-corrected chi connectivity index (χ0v) is 42.0. The maximum atomic E-state index is 17.4. The minimum Gasteiger partial charge on any atom is -0.390 e. The first kappa shape index (κ1) is 51.5. The van der Waals surface area contributed by atoms with E-state index in [-0.39, 0.29) is 55.7 Å². The largest absolute Gasteiger partial charge is 0.390 e. The number of allylic oxidation sites excluding steroid dienone is 8. The van der Waals surface area contributed by atoms with E-state index in [2.05, 4.69) is 0 Å². The standard InChI is InChI=1S/C29H41FO6.C25H35FO6/c1-7-8-24-35-23-14-20-19-10-9-17-13-18(31)11-12-26(17,5)28(19,30)21(32)15-27(20,6)29(23,36-24)22(33)16-34-25(2,3)4;1-21(2,3)32-13-20(30)25(31)18(28)11-17-16-7-6-14-10-15(27)8-9-22(14,4)24(16,26)19(29)12-23(17,25)5/h11-13,19-21,23-24,32H,7-10,14-16H2,1-6H3;8-10,16-19,28-29,31H,6-7,11-13H2,1-5H3/t19-,20-,21-,23+,24?,26-,27-,28-,29+;16-,17-,18+,19-,22-,23-,24-,25-/m00/s1. The van der Waals surface area contributed by atoms with Crippen LogP contribution in [0.1, 0.15) is 140 Å². The Balaban J connectivity index is 0.000000185. The molecule has 378 valence electrons. The summed E-state index contributed by atoms with van der Waals surface area (Å²) in [5.74, 6) is -3.07. The van der Waals surface area contributed by atoms with Gasteiger partial charge in [-0.1, -0.05) is 50.5 Å². The molecule has 0 radical (unpaired) electrons. The van der Waals surface area contributed by atoms with Crippen LogP contribution in [0.3, 0.4) is 0 Å². The number of carbonyl (C=O) groups excluding carboxylic acids is 4. The average molecular weight is 955 g/mol. The van der Waals surface area contributed by atoms with E-state index in [0.29, 0.717) is 44.1 Å². The van der Waals surface area contributed by atoms with Crippen LogP contribution < -0.4 is 0 Å². The van der Waals surface area contributed by atoms with E-state index in [1.807, 2.05) is 34.6 Å². The third-order valence-corrected chi connectivity index (χ3v) is 18.9. The van der Waals surface area contributed by atoms with Gasteiger partial charge >= 0.3 is 0 Å². The van der Waals surface area contributed by atoms with Gasteiger partial charge in [0.2, 0.25) is 0 Å². The first-order valence-corrected chi connectivity index (χ1v) is 25.0. The number of ketones is 4. The highest BCUT2D eigenvalue weighted by Gasteiger charge is 2.80. The highest BCUT2D eigenvalue weighted by Crippen LogP contribution is 2.73. The second-order valence-electron chi connectivity index (χ2n) is 24.6. The van der Waals surface area contributed by atoms with Gasteiger partial charge in [0.05, 0.1) is 35.6 Å². The second kappa shape index (κ2) is 16.6. The predicted octanol–water partition coefficient (Wildman–Crippen LogP) is 7.08.